The molecule has 3 heterocycles. The van der Waals surface area contributed by atoms with Gasteiger partial charge in [0.25, 0.3) is 0 Å². The molecule has 29 heavy (non-hydrogen) atoms. The number of likely N-dealkylation sites (tertiary alicyclic amines) is 1. The Bertz CT molecular complexity index is 1140. The van der Waals surface area contributed by atoms with Crippen molar-refractivity contribution < 1.29 is 4.74 Å². The fourth-order valence-electron chi connectivity index (χ4n) is 4.37. The van der Waals surface area contributed by atoms with Crippen molar-refractivity contribution in [2.75, 3.05) is 13.7 Å². The molecule has 4 aromatic rings. The van der Waals surface area contributed by atoms with Gasteiger partial charge in [-0.2, -0.15) is 5.10 Å². The number of fused-ring (bicyclic) bond motifs is 1. The lowest BCUT2D eigenvalue weighted by Gasteiger charge is -2.25. The third-order valence-corrected chi connectivity index (χ3v) is 5.80. The van der Waals surface area contributed by atoms with Crippen LogP contribution in [0.3, 0.4) is 0 Å². The molecular weight excluding hydrogens is 360 g/mol. The third kappa shape index (κ3) is 3.49. The normalized spacial score (nSPS) is 17.1. The summed E-state index contributed by atoms with van der Waals surface area (Å²) in [6, 6.07) is 19.2. The number of methoxy groups -OCH3 is 1. The number of benzene rings is 2. The van der Waals surface area contributed by atoms with Gasteiger partial charge in [-0.25, -0.2) is 0 Å². The molecule has 1 unspecified atom stereocenters. The molecule has 5 heteroatoms. The van der Waals surface area contributed by atoms with Gasteiger partial charge in [-0.3, -0.25) is 15.0 Å². The monoisotopic (exact) mass is 384 g/mol. The lowest BCUT2D eigenvalue weighted by molar-refractivity contribution is 0.245. The molecule has 1 atom stereocenters. The number of pyridine rings is 1. The predicted octanol–water partition coefficient (Wildman–Crippen LogP) is 4.97. The number of ether oxygens (including phenoxy) is 1. The Balaban J connectivity index is 1.43. The maximum Gasteiger partial charge on any atom is 0.119 e. The number of nitrogens with one attached hydrogen (secondary N) is 1. The van der Waals surface area contributed by atoms with Crippen molar-refractivity contribution in [3.05, 3.63) is 78.2 Å². The zero-order chi connectivity index (χ0) is 19.6. The average molecular weight is 384 g/mol. The van der Waals surface area contributed by atoms with Crippen molar-refractivity contribution in [1.82, 2.24) is 20.1 Å². The van der Waals surface area contributed by atoms with Crippen LogP contribution in [0.1, 0.15) is 30.1 Å². The number of aromatic amines is 1. The van der Waals surface area contributed by atoms with Crippen molar-refractivity contribution in [3.8, 4) is 16.9 Å². The van der Waals surface area contributed by atoms with Crippen molar-refractivity contribution in [3.63, 3.8) is 0 Å². The zero-order valence-corrected chi connectivity index (χ0v) is 16.5. The average Bonchev–Trinajstić information content (AvgIpc) is 3.43. The first kappa shape index (κ1) is 17.9. The Morgan fingerprint density at radius 3 is 3.03 bits per heavy atom. The maximum atomic E-state index is 5.41. The Hall–Kier alpha value is -3.18. The van der Waals surface area contributed by atoms with E-state index >= 15 is 0 Å². The first-order valence-electron chi connectivity index (χ1n) is 10.1. The Labute approximate surface area is 170 Å². The minimum absolute atomic E-state index is 0.336. The molecule has 1 aliphatic heterocycles. The number of nitrogens with zero attached hydrogens (tertiary/aromatic N) is 3. The lowest BCUT2D eigenvalue weighted by Crippen LogP contribution is -2.23. The molecule has 5 rings (SSSR count). The summed E-state index contributed by atoms with van der Waals surface area (Å²) >= 11 is 0. The molecule has 5 nitrogen and oxygen atoms in total. The fourth-order valence-corrected chi connectivity index (χ4v) is 4.37. The highest BCUT2D eigenvalue weighted by atomic mass is 16.5. The molecule has 146 valence electrons. The van der Waals surface area contributed by atoms with E-state index in [0.717, 1.165) is 41.9 Å². The molecule has 0 aliphatic carbocycles. The summed E-state index contributed by atoms with van der Waals surface area (Å²) in [7, 11) is 1.70. The smallest absolute Gasteiger partial charge is 0.119 e. The Kier molecular flexibility index (Phi) is 4.74. The van der Waals surface area contributed by atoms with Gasteiger partial charge >= 0.3 is 0 Å². The fraction of sp³-hybridized carbons (Fsp3) is 0.250. The number of hydrogen-bond acceptors (Lipinski definition) is 4. The standard InChI is InChI=1S/C24H24N4O/c1-29-20-7-2-5-18(14-20)21-15-26-27-24(21)23-8-4-12-28(23)16-17-9-10-22-19(13-17)6-3-11-25-22/h2-3,5-7,9-11,13-15,23H,4,8,12,16H2,1H3,(H,26,27). The second kappa shape index (κ2) is 7.68. The summed E-state index contributed by atoms with van der Waals surface area (Å²) in [5, 5.41) is 8.86. The van der Waals surface area contributed by atoms with Crippen LogP contribution in [0, 0.1) is 0 Å². The highest BCUT2D eigenvalue weighted by Crippen LogP contribution is 2.38. The topological polar surface area (TPSA) is 54.0 Å². The molecule has 2 aromatic carbocycles. The molecule has 0 spiro atoms. The van der Waals surface area contributed by atoms with E-state index in [0.29, 0.717) is 6.04 Å². The second-order valence-electron chi connectivity index (χ2n) is 7.59. The van der Waals surface area contributed by atoms with Crippen molar-refractivity contribution in [2.24, 2.45) is 0 Å². The molecule has 1 saturated heterocycles. The second-order valence-corrected chi connectivity index (χ2v) is 7.59. The molecule has 1 fully saturated rings. The van der Waals surface area contributed by atoms with Crippen LogP contribution >= 0.6 is 0 Å². The number of rotatable bonds is 5. The summed E-state index contributed by atoms with van der Waals surface area (Å²) in [5.41, 5.74) is 5.85. The van der Waals surface area contributed by atoms with Crippen LogP contribution in [0.2, 0.25) is 0 Å². The summed E-state index contributed by atoms with van der Waals surface area (Å²) in [6.45, 7) is 2.01. The van der Waals surface area contributed by atoms with Crippen LogP contribution in [-0.2, 0) is 6.54 Å². The molecule has 2 aromatic heterocycles. The SMILES string of the molecule is COc1cccc(-c2cn[nH]c2C2CCCN2Cc2ccc3ncccc3c2)c1. The van der Waals surface area contributed by atoms with Gasteiger partial charge in [0, 0.05) is 23.7 Å². The molecule has 1 aliphatic rings. The number of H-pyrrole nitrogens is 1. The maximum absolute atomic E-state index is 5.41. The van der Waals surface area contributed by atoms with Crippen molar-refractivity contribution in [2.45, 2.75) is 25.4 Å². The van der Waals surface area contributed by atoms with E-state index in [2.05, 4.69) is 56.5 Å². The van der Waals surface area contributed by atoms with Gasteiger partial charge < -0.3 is 4.74 Å². The molecule has 1 N–H and O–H groups in total. The highest BCUT2D eigenvalue weighted by Gasteiger charge is 2.29. The quantitative estimate of drug-likeness (QED) is 0.528. The van der Waals surface area contributed by atoms with Crippen molar-refractivity contribution >= 4 is 10.9 Å². The van der Waals surface area contributed by atoms with Gasteiger partial charge in [-0.1, -0.05) is 24.3 Å². The van der Waals surface area contributed by atoms with Gasteiger partial charge in [-0.15, -0.1) is 0 Å². The summed E-state index contributed by atoms with van der Waals surface area (Å²) in [6.07, 6.45) is 6.10. The van der Waals surface area contributed by atoms with Crippen LogP contribution in [0.4, 0.5) is 0 Å². The summed E-state index contributed by atoms with van der Waals surface area (Å²) < 4.78 is 5.41. The van der Waals surface area contributed by atoms with Gasteiger partial charge in [0.1, 0.15) is 5.75 Å². The van der Waals surface area contributed by atoms with E-state index < -0.39 is 0 Å². The minimum atomic E-state index is 0.336. The van der Waals surface area contributed by atoms with E-state index in [1.807, 2.05) is 30.6 Å². The lowest BCUT2D eigenvalue weighted by atomic mass is 10.0. The zero-order valence-electron chi connectivity index (χ0n) is 16.5. The van der Waals surface area contributed by atoms with Crippen LogP contribution < -0.4 is 4.74 Å². The van der Waals surface area contributed by atoms with Crippen molar-refractivity contribution in [1.29, 1.82) is 0 Å². The Morgan fingerprint density at radius 2 is 2.10 bits per heavy atom. The van der Waals surface area contributed by atoms with E-state index in [9.17, 15) is 0 Å². The van der Waals surface area contributed by atoms with Crippen LogP contribution in [0.5, 0.6) is 5.75 Å². The van der Waals surface area contributed by atoms with E-state index in [4.69, 9.17) is 4.74 Å². The van der Waals surface area contributed by atoms with E-state index in [1.165, 1.54) is 23.1 Å². The van der Waals surface area contributed by atoms with Gasteiger partial charge in [0.2, 0.25) is 0 Å². The first-order valence-corrected chi connectivity index (χ1v) is 10.1. The van der Waals surface area contributed by atoms with Gasteiger partial charge in [-0.05, 0) is 60.8 Å². The molecule has 0 radical (unpaired) electrons. The Morgan fingerprint density at radius 1 is 1.14 bits per heavy atom. The van der Waals surface area contributed by atoms with E-state index in [1.54, 1.807) is 7.11 Å². The molecule has 0 bridgehead atoms. The highest BCUT2D eigenvalue weighted by molar-refractivity contribution is 5.78. The summed E-state index contributed by atoms with van der Waals surface area (Å²) in [5.74, 6) is 0.864. The van der Waals surface area contributed by atoms with E-state index in [-0.39, 0.29) is 0 Å². The molecular formula is C24H24N4O. The number of hydrogen-bond donors (Lipinski definition) is 1. The predicted molar refractivity (Wildman–Crippen MR) is 115 cm³/mol. The van der Waals surface area contributed by atoms with Crippen LogP contribution in [0.15, 0.2) is 67.0 Å². The minimum Gasteiger partial charge on any atom is -0.497 e. The van der Waals surface area contributed by atoms with Gasteiger partial charge in [0.15, 0.2) is 0 Å². The van der Waals surface area contributed by atoms with Crippen LogP contribution in [-0.4, -0.2) is 33.7 Å². The largest absolute Gasteiger partial charge is 0.497 e. The first-order chi connectivity index (χ1) is 14.3. The molecule has 0 amide bonds. The summed E-state index contributed by atoms with van der Waals surface area (Å²) in [4.78, 5) is 6.98. The third-order valence-electron chi connectivity index (χ3n) is 5.80. The molecule has 0 saturated carbocycles. The van der Waals surface area contributed by atoms with Crippen LogP contribution in [0.25, 0.3) is 22.0 Å². The van der Waals surface area contributed by atoms with Gasteiger partial charge in [0.05, 0.1) is 30.6 Å². The number of aromatic nitrogens is 3.